The summed E-state index contributed by atoms with van der Waals surface area (Å²) in [6.45, 7) is 9.21. The number of carbonyl (C=O) groups is 1. The summed E-state index contributed by atoms with van der Waals surface area (Å²) in [6, 6.07) is 0.144. The van der Waals surface area contributed by atoms with E-state index in [1.165, 1.54) is 11.3 Å². The summed E-state index contributed by atoms with van der Waals surface area (Å²) in [5.41, 5.74) is 5.84. The topological polar surface area (TPSA) is 80.0 Å². The van der Waals surface area contributed by atoms with Crippen LogP contribution >= 0.6 is 23.1 Å². The quantitative estimate of drug-likeness (QED) is 0.606. The van der Waals surface area contributed by atoms with E-state index in [2.05, 4.69) is 36.4 Å². The van der Waals surface area contributed by atoms with Gasteiger partial charge < -0.3 is 16.4 Å². The fourth-order valence-corrected chi connectivity index (χ4v) is 3.23. The summed E-state index contributed by atoms with van der Waals surface area (Å²) in [4.78, 5) is 16.9. The minimum absolute atomic E-state index is 0.128. The average molecular weight is 331 g/mol. The third-order valence-electron chi connectivity index (χ3n) is 2.80. The Labute approximate surface area is 135 Å². The Morgan fingerprint density at radius 2 is 2.14 bits per heavy atom. The molecule has 1 unspecified atom stereocenters. The van der Waals surface area contributed by atoms with Crippen LogP contribution in [-0.4, -0.2) is 35.0 Å². The lowest BCUT2D eigenvalue weighted by Gasteiger charge is -2.12. The molecule has 4 N–H and O–H groups in total. The first kappa shape index (κ1) is 18.1. The van der Waals surface area contributed by atoms with Gasteiger partial charge >= 0.3 is 0 Å². The van der Waals surface area contributed by atoms with Crippen molar-refractivity contribution in [2.24, 2.45) is 5.92 Å². The standard InChI is InChI=1S/C14H26N4OS2/c1-5-20-7-6-10(4)17-13(19)11-12(15)18-14(21-11)16-8-9(2)3/h9-10H,5-8,15H2,1-4H3,(H,16,18)(H,17,19). The lowest BCUT2D eigenvalue weighted by molar-refractivity contribution is 0.0944. The van der Waals surface area contributed by atoms with Gasteiger partial charge in [0.25, 0.3) is 5.91 Å². The Bertz CT molecular complexity index is 448. The van der Waals surface area contributed by atoms with E-state index in [0.29, 0.717) is 21.7 Å². The number of nitrogens with two attached hydrogens (primary N) is 1. The zero-order valence-electron chi connectivity index (χ0n) is 13.2. The molecule has 0 aromatic carbocycles. The zero-order chi connectivity index (χ0) is 15.8. The smallest absolute Gasteiger partial charge is 0.265 e. The third kappa shape index (κ3) is 6.56. The van der Waals surface area contributed by atoms with Crippen LogP contribution in [0.5, 0.6) is 0 Å². The fourth-order valence-electron chi connectivity index (χ4n) is 1.63. The van der Waals surface area contributed by atoms with Crippen LogP contribution in [0.2, 0.25) is 0 Å². The number of anilines is 2. The highest BCUT2D eigenvalue weighted by atomic mass is 32.2. The van der Waals surface area contributed by atoms with Gasteiger partial charge in [-0.25, -0.2) is 4.98 Å². The molecule has 0 bridgehead atoms. The molecule has 1 aromatic heterocycles. The van der Waals surface area contributed by atoms with Crippen LogP contribution in [0, 0.1) is 5.92 Å². The van der Waals surface area contributed by atoms with Crippen molar-refractivity contribution in [1.29, 1.82) is 0 Å². The second-order valence-electron chi connectivity index (χ2n) is 5.37. The highest BCUT2D eigenvalue weighted by molar-refractivity contribution is 7.99. The maximum Gasteiger partial charge on any atom is 0.265 e. The van der Waals surface area contributed by atoms with E-state index in [1.807, 2.05) is 18.7 Å². The van der Waals surface area contributed by atoms with Gasteiger partial charge in [0.2, 0.25) is 0 Å². The minimum Gasteiger partial charge on any atom is -0.382 e. The van der Waals surface area contributed by atoms with Gasteiger partial charge in [-0.05, 0) is 30.8 Å². The molecule has 0 saturated heterocycles. The second kappa shape index (κ2) is 9.15. The minimum atomic E-state index is -0.128. The molecule has 1 atom stereocenters. The number of nitrogens with zero attached hydrogens (tertiary/aromatic N) is 1. The molecule has 5 nitrogen and oxygen atoms in total. The van der Waals surface area contributed by atoms with Gasteiger partial charge in [-0.1, -0.05) is 32.1 Å². The normalized spacial score (nSPS) is 12.4. The van der Waals surface area contributed by atoms with Crippen LogP contribution in [-0.2, 0) is 0 Å². The molecule has 120 valence electrons. The molecule has 0 aliphatic rings. The Morgan fingerprint density at radius 3 is 2.76 bits per heavy atom. The molecular weight excluding hydrogens is 304 g/mol. The molecule has 0 aliphatic heterocycles. The number of thiazole rings is 1. The summed E-state index contributed by atoms with van der Waals surface area (Å²) in [6.07, 6.45) is 0.960. The molecule has 0 aliphatic carbocycles. The summed E-state index contributed by atoms with van der Waals surface area (Å²) >= 11 is 3.20. The molecule has 1 heterocycles. The van der Waals surface area contributed by atoms with Crippen LogP contribution in [0.15, 0.2) is 0 Å². The Kier molecular flexibility index (Phi) is 7.88. The lowest BCUT2D eigenvalue weighted by atomic mass is 10.2. The highest BCUT2D eigenvalue weighted by Gasteiger charge is 2.17. The van der Waals surface area contributed by atoms with Crippen LogP contribution in [0.1, 0.15) is 43.8 Å². The first-order valence-corrected chi connectivity index (χ1v) is 9.29. The number of hydrogen-bond donors (Lipinski definition) is 3. The molecule has 1 aromatic rings. The molecule has 1 rings (SSSR count). The van der Waals surface area contributed by atoms with Crippen molar-refractivity contribution in [3.8, 4) is 0 Å². The molecule has 0 radical (unpaired) electrons. The molecular formula is C14H26N4OS2. The van der Waals surface area contributed by atoms with Crippen molar-refractivity contribution in [3.63, 3.8) is 0 Å². The predicted octanol–water partition coefficient (Wildman–Crippen LogP) is 3.05. The Morgan fingerprint density at radius 1 is 1.43 bits per heavy atom. The predicted molar refractivity (Wildman–Crippen MR) is 94.4 cm³/mol. The van der Waals surface area contributed by atoms with E-state index in [9.17, 15) is 4.79 Å². The second-order valence-corrected chi connectivity index (χ2v) is 7.76. The fraction of sp³-hybridized carbons (Fsp3) is 0.714. The highest BCUT2D eigenvalue weighted by Crippen LogP contribution is 2.25. The Hall–Kier alpha value is -0.950. The molecule has 0 spiro atoms. The Balaban J connectivity index is 2.53. The van der Waals surface area contributed by atoms with Crippen molar-refractivity contribution in [3.05, 3.63) is 4.88 Å². The van der Waals surface area contributed by atoms with Gasteiger partial charge in [-0.15, -0.1) is 0 Å². The molecule has 0 fully saturated rings. The van der Waals surface area contributed by atoms with Crippen LogP contribution < -0.4 is 16.4 Å². The molecule has 21 heavy (non-hydrogen) atoms. The monoisotopic (exact) mass is 330 g/mol. The van der Waals surface area contributed by atoms with Gasteiger partial charge in [-0.3, -0.25) is 4.79 Å². The maximum absolute atomic E-state index is 12.2. The van der Waals surface area contributed by atoms with Crippen LogP contribution in [0.4, 0.5) is 10.9 Å². The number of amides is 1. The number of carbonyl (C=O) groups excluding carboxylic acids is 1. The number of nitrogen functional groups attached to an aromatic ring is 1. The number of hydrogen-bond acceptors (Lipinski definition) is 6. The molecule has 1 amide bonds. The summed E-state index contributed by atoms with van der Waals surface area (Å²) in [5.74, 6) is 2.85. The van der Waals surface area contributed by atoms with Gasteiger partial charge in [0.1, 0.15) is 10.7 Å². The first-order chi connectivity index (χ1) is 9.93. The van der Waals surface area contributed by atoms with E-state index < -0.39 is 0 Å². The van der Waals surface area contributed by atoms with Crippen molar-refractivity contribution >= 4 is 40.0 Å². The van der Waals surface area contributed by atoms with Gasteiger partial charge in [0.05, 0.1) is 0 Å². The number of thioether (sulfide) groups is 1. The van der Waals surface area contributed by atoms with E-state index >= 15 is 0 Å². The summed E-state index contributed by atoms with van der Waals surface area (Å²) in [7, 11) is 0. The lowest BCUT2D eigenvalue weighted by Crippen LogP contribution is -2.32. The number of nitrogens with one attached hydrogen (secondary N) is 2. The number of aromatic nitrogens is 1. The number of rotatable bonds is 9. The zero-order valence-corrected chi connectivity index (χ0v) is 14.9. The summed E-state index contributed by atoms with van der Waals surface area (Å²) < 4.78 is 0. The third-order valence-corrected chi connectivity index (χ3v) is 4.76. The van der Waals surface area contributed by atoms with Crippen molar-refractivity contribution < 1.29 is 4.79 Å². The van der Waals surface area contributed by atoms with Gasteiger partial charge in [0, 0.05) is 12.6 Å². The summed E-state index contributed by atoms with van der Waals surface area (Å²) in [5, 5.41) is 6.89. The average Bonchev–Trinajstić information content (AvgIpc) is 2.78. The van der Waals surface area contributed by atoms with Crippen molar-refractivity contribution in [2.75, 3.05) is 29.1 Å². The molecule has 7 heteroatoms. The van der Waals surface area contributed by atoms with Crippen LogP contribution in [0.3, 0.4) is 0 Å². The molecule has 0 saturated carbocycles. The van der Waals surface area contributed by atoms with Gasteiger partial charge in [-0.2, -0.15) is 11.8 Å². The van der Waals surface area contributed by atoms with E-state index in [0.717, 1.165) is 24.5 Å². The van der Waals surface area contributed by atoms with E-state index in [4.69, 9.17) is 5.73 Å². The first-order valence-electron chi connectivity index (χ1n) is 7.32. The maximum atomic E-state index is 12.2. The largest absolute Gasteiger partial charge is 0.382 e. The SMILES string of the molecule is CCSCCC(C)NC(=O)c1sc(NCC(C)C)nc1N. The van der Waals surface area contributed by atoms with Crippen molar-refractivity contribution in [1.82, 2.24) is 10.3 Å². The van der Waals surface area contributed by atoms with Crippen molar-refractivity contribution in [2.45, 2.75) is 40.2 Å². The van der Waals surface area contributed by atoms with E-state index in [1.54, 1.807) is 0 Å². The van der Waals surface area contributed by atoms with Gasteiger partial charge in [0.15, 0.2) is 5.13 Å². The van der Waals surface area contributed by atoms with E-state index in [-0.39, 0.29) is 11.9 Å². The van der Waals surface area contributed by atoms with Crippen LogP contribution in [0.25, 0.3) is 0 Å².